The highest BCUT2D eigenvalue weighted by Gasteiger charge is 2.42. The SMILES string of the molecule is CC1(C)C(=O)CCN1C(=O)c1cccc(F)c1. The second-order valence-electron chi connectivity index (χ2n) is 4.70. The number of amides is 1. The third kappa shape index (κ3) is 1.95. The van der Waals surface area contributed by atoms with Gasteiger partial charge in [0.15, 0.2) is 5.78 Å². The molecule has 0 aromatic heterocycles. The first-order valence-electron chi connectivity index (χ1n) is 5.54. The lowest BCUT2D eigenvalue weighted by Crippen LogP contribution is -2.46. The quantitative estimate of drug-likeness (QED) is 0.746. The zero-order valence-corrected chi connectivity index (χ0v) is 9.87. The van der Waals surface area contributed by atoms with Gasteiger partial charge in [-0.15, -0.1) is 0 Å². The Bertz CT molecular complexity index is 482. The fourth-order valence-corrected chi connectivity index (χ4v) is 2.08. The molecule has 1 aliphatic heterocycles. The number of rotatable bonds is 1. The summed E-state index contributed by atoms with van der Waals surface area (Å²) in [5.74, 6) is -0.693. The molecular weight excluding hydrogens is 221 g/mol. The molecule has 1 aromatic rings. The van der Waals surface area contributed by atoms with Gasteiger partial charge in [-0.25, -0.2) is 4.39 Å². The molecule has 0 bridgehead atoms. The van der Waals surface area contributed by atoms with E-state index in [0.29, 0.717) is 13.0 Å². The van der Waals surface area contributed by atoms with Gasteiger partial charge in [0.1, 0.15) is 5.82 Å². The van der Waals surface area contributed by atoms with E-state index >= 15 is 0 Å². The molecule has 0 N–H and O–H groups in total. The predicted molar refractivity (Wildman–Crippen MR) is 61.1 cm³/mol. The third-order valence-electron chi connectivity index (χ3n) is 3.24. The lowest BCUT2D eigenvalue weighted by molar-refractivity contribution is -0.123. The molecule has 1 heterocycles. The molecule has 0 spiro atoms. The molecule has 1 aromatic carbocycles. The van der Waals surface area contributed by atoms with Crippen LogP contribution in [-0.2, 0) is 4.79 Å². The van der Waals surface area contributed by atoms with Crippen molar-refractivity contribution in [2.75, 3.05) is 6.54 Å². The topological polar surface area (TPSA) is 37.4 Å². The van der Waals surface area contributed by atoms with Crippen molar-refractivity contribution in [1.82, 2.24) is 4.90 Å². The Morgan fingerprint density at radius 3 is 2.65 bits per heavy atom. The highest BCUT2D eigenvalue weighted by molar-refractivity contribution is 6.01. The molecule has 3 nitrogen and oxygen atoms in total. The van der Waals surface area contributed by atoms with E-state index in [1.807, 2.05) is 0 Å². The van der Waals surface area contributed by atoms with Crippen LogP contribution in [0.5, 0.6) is 0 Å². The Kier molecular flexibility index (Phi) is 2.73. The summed E-state index contributed by atoms with van der Waals surface area (Å²) in [6, 6.07) is 5.54. The highest BCUT2D eigenvalue weighted by Crippen LogP contribution is 2.26. The van der Waals surface area contributed by atoms with E-state index < -0.39 is 11.4 Å². The van der Waals surface area contributed by atoms with Crippen LogP contribution in [0.3, 0.4) is 0 Å². The Labute approximate surface area is 99.2 Å². The second kappa shape index (κ2) is 3.95. The van der Waals surface area contributed by atoms with Crippen molar-refractivity contribution in [3.05, 3.63) is 35.6 Å². The van der Waals surface area contributed by atoms with E-state index in [4.69, 9.17) is 0 Å². The molecule has 4 heteroatoms. The summed E-state index contributed by atoms with van der Waals surface area (Å²) in [6.07, 6.45) is 0.369. The number of nitrogens with zero attached hydrogens (tertiary/aromatic N) is 1. The van der Waals surface area contributed by atoms with Crippen LogP contribution in [0.25, 0.3) is 0 Å². The van der Waals surface area contributed by atoms with Crippen LogP contribution in [0, 0.1) is 5.82 Å². The summed E-state index contributed by atoms with van der Waals surface area (Å²) in [6.45, 7) is 3.85. The van der Waals surface area contributed by atoms with Crippen molar-refractivity contribution in [1.29, 1.82) is 0 Å². The van der Waals surface area contributed by atoms with Crippen molar-refractivity contribution < 1.29 is 14.0 Å². The van der Waals surface area contributed by atoms with E-state index in [9.17, 15) is 14.0 Å². The van der Waals surface area contributed by atoms with Crippen LogP contribution in [0.2, 0.25) is 0 Å². The van der Waals surface area contributed by atoms with E-state index in [1.54, 1.807) is 19.9 Å². The minimum atomic E-state index is -0.788. The molecule has 90 valence electrons. The van der Waals surface area contributed by atoms with Crippen molar-refractivity contribution >= 4 is 11.7 Å². The molecule has 1 fully saturated rings. The van der Waals surface area contributed by atoms with Crippen LogP contribution in [0.15, 0.2) is 24.3 Å². The fourth-order valence-electron chi connectivity index (χ4n) is 2.08. The largest absolute Gasteiger partial charge is 0.326 e. The van der Waals surface area contributed by atoms with Gasteiger partial charge in [0.2, 0.25) is 0 Å². The van der Waals surface area contributed by atoms with E-state index in [0.717, 1.165) is 0 Å². The molecule has 2 rings (SSSR count). The summed E-state index contributed by atoms with van der Waals surface area (Å²) in [7, 11) is 0. The van der Waals surface area contributed by atoms with Gasteiger partial charge in [0, 0.05) is 18.5 Å². The molecule has 0 unspecified atom stereocenters. The number of ketones is 1. The second-order valence-corrected chi connectivity index (χ2v) is 4.70. The standard InChI is InChI=1S/C13H14FNO2/c1-13(2)11(16)6-7-15(13)12(17)9-4-3-5-10(14)8-9/h3-5,8H,6-7H2,1-2H3. The third-order valence-corrected chi connectivity index (χ3v) is 3.24. The first-order chi connectivity index (χ1) is 7.93. The molecular formula is C13H14FNO2. The summed E-state index contributed by atoms with van der Waals surface area (Å²) < 4.78 is 13.0. The monoisotopic (exact) mass is 235 g/mol. The van der Waals surface area contributed by atoms with Crippen molar-refractivity contribution in [2.24, 2.45) is 0 Å². The van der Waals surface area contributed by atoms with Gasteiger partial charge >= 0.3 is 0 Å². The number of carbonyl (C=O) groups excluding carboxylic acids is 2. The predicted octanol–water partition coefficient (Wildman–Crippen LogP) is 2.02. The van der Waals surface area contributed by atoms with Gasteiger partial charge in [0.25, 0.3) is 5.91 Å². The van der Waals surface area contributed by atoms with Gasteiger partial charge in [-0.05, 0) is 32.0 Å². The first kappa shape index (κ1) is 11.8. The van der Waals surface area contributed by atoms with Gasteiger partial charge < -0.3 is 4.90 Å². The van der Waals surface area contributed by atoms with Crippen LogP contribution >= 0.6 is 0 Å². The van der Waals surface area contributed by atoms with E-state index in [1.165, 1.54) is 23.1 Å². The number of benzene rings is 1. The first-order valence-corrected chi connectivity index (χ1v) is 5.54. The Morgan fingerprint density at radius 1 is 1.41 bits per heavy atom. The number of hydrogen-bond acceptors (Lipinski definition) is 2. The molecule has 0 aliphatic carbocycles. The minimum absolute atomic E-state index is 0.0438. The molecule has 0 radical (unpaired) electrons. The summed E-state index contributed by atoms with van der Waals surface area (Å²) in [5, 5.41) is 0. The number of Topliss-reactive ketones (excluding diaryl/α,β-unsaturated/α-hetero) is 1. The molecule has 0 saturated carbocycles. The molecule has 1 saturated heterocycles. The Hall–Kier alpha value is -1.71. The van der Waals surface area contributed by atoms with Crippen molar-refractivity contribution in [3.8, 4) is 0 Å². The van der Waals surface area contributed by atoms with Gasteiger partial charge in [-0.2, -0.15) is 0 Å². The number of hydrogen-bond donors (Lipinski definition) is 0. The average Bonchev–Trinajstić information content (AvgIpc) is 2.53. The lowest BCUT2D eigenvalue weighted by atomic mass is 10.00. The summed E-state index contributed by atoms with van der Waals surface area (Å²) in [4.78, 5) is 25.3. The maximum atomic E-state index is 13.0. The molecule has 1 aliphatic rings. The highest BCUT2D eigenvalue weighted by atomic mass is 19.1. The van der Waals surface area contributed by atoms with E-state index in [-0.39, 0.29) is 17.3 Å². The maximum absolute atomic E-state index is 13.0. The zero-order valence-electron chi connectivity index (χ0n) is 9.87. The Balaban J connectivity index is 2.30. The van der Waals surface area contributed by atoms with Crippen LogP contribution < -0.4 is 0 Å². The number of likely N-dealkylation sites (tertiary alicyclic amines) is 1. The number of carbonyl (C=O) groups is 2. The lowest BCUT2D eigenvalue weighted by Gasteiger charge is -2.30. The molecule has 1 amide bonds. The zero-order chi connectivity index (χ0) is 12.6. The summed E-state index contributed by atoms with van der Waals surface area (Å²) in [5.41, 5.74) is -0.503. The van der Waals surface area contributed by atoms with Crippen molar-refractivity contribution in [2.45, 2.75) is 25.8 Å². The minimum Gasteiger partial charge on any atom is -0.326 e. The van der Waals surface area contributed by atoms with Gasteiger partial charge in [0.05, 0.1) is 5.54 Å². The Morgan fingerprint density at radius 2 is 2.12 bits per heavy atom. The van der Waals surface area contributed by atoms with Crippen LogP contribution in [-0.4, -0.2) is 28.7 Å². The smallest absolute Gasteiger partial charge is 0.254 e. The fraction of sp³-hybridized carbons (Fsp3) is 0.385. The molecule has 17 heavy (non-hydrogen) atoms. The van der Waals surface area contributed by atoms with E-state index in [2.05, 4.69) is 0 Å². The number of halogens is 1. The van der Waals surface area contributed by atoms with Crippen molar-refractivity contribution in [3.63, 3.8) is 0 Å². The normalized spacial score (nSPS) is 18.5. The summed E-state index contributed by atoms with van der Waals surface area (Å²) >= 11 is 0. The van der Waals surface area contributed by atoms with Crippen LogP contribution in [0.4, 0.5) is 4.39 Å². The average molecular weight is 235 g/mol. The van der Waals surface area contributed by atoms with Gasteiger partial charge in [-0.3, -0.25) is 9.59 Å². The molecule has 0 atom stereocenters. The maximum Gasteiger partial charge on any atom is 0.254 e. The van der Waals surface area contributed by atoms with Crippen LogP contribution in [0.1, 0.15) is 30.6 Å². The van der Waals surface area contributed by atoms with Gasteiger partial charge in [-0.1, -0.05) is 6.07 Å².